The Hall–Kier alpha value is -3.54. The number of hydrogen-bond donors (Lipinski definition) is 2. The zero-order valence-electron chi connectivity index (χ0n) is 16.6. The molecule has 4 rings (SSSR count). The maximum atomic E-state index is 12.1. The summed E-state index contributed by atoms with van der Waals surface area (Å²) in [4.78, 5) is 16.6. The highest BCUT2D eigenvalue weighted by molar-refractivity contribution is 5.75. The largest absolute Gasteiger partial charge is 0.464 e. The van der Waals surface area contributed by atoms with Crippen LogP contribution in [0.25, 0.3) is 11.0 Å². The second-order valence-corrected chi connectivity index (χ2v) is 7.17. The van der Waals surface area contributed by atoms with Gasteiger partial charge < -0.3 is 19.6 Å². The number of fused-ring (bicyclic) bond motifs is 1. The number of carbonyl (C=O) groups excluding carboxylic acids is 1. The minimum absolute atomic E-state index is 0.184. The molecule has 1 unspecified atom stereocenters. The third kappa shape index (κ3) is 4.48. The van der Waals surface area contributed by atoms with Gasteiger partial charge >= 0.3 is 6.03 Å². The lowest BCUT2D eigenvalue weighted by molar-refractivity contribution is 0.235. The normalized spacial score (nSPS) is 12.1. The summed E-state index contributed by atoms with van der Waals surface area (Å²) >= 11 is 0. The van der Waals surface area contributed by atoms with Gasteiger partial charge in [-0.15, -0.1) is 0 Å². The Morgan fingerprint density at radius 2 is 1.83 bits per heavy atom. The fourth-order valence-corrected chi connectivity index (χ4v) is 3.28. The van der Waals surface area contributed by atoms with Crippen molar-refractivity contribution >= 4 is 17.1 Å². The summed E-state index contributed by atoms with van der Waals surface area (Å²) in [6, 6.07) is 19.7. The van der Waals surface area contributed by atoms with Gasteiger partial charge in [-0.05, 0) is 49.2 Å². The van der Waals surface area contributed by atoms with Gasteiger partial charge in [-0.1, -0.05) is 36.4 Å². The van der Waals surface area contributed by atoms with E-state index in [-0.39, 0.29) is 12.1 Å². The van der Waals surface area contributed by atoms with E-state index >= 15 is 0 Å². The fraction of sp³-hybridized carbons (Fsp3) is 0.217. The van der Waals surface area contributed by atoms with Gasteiger partial charge in [0.05, 0.1) is 23.4 Å². The van der Waals surface area contributed by atoms with Crippen molar-refractivity contribution in [1.82, 2.24) is 20.2 Å². The van der Waals surface area contributed by atoms with Crippen LogP contribution < -0.4 is 10.6 Å². The lowest BCUT2D eigenvalue weighted by Crippen LogP contribution is -2.36. The molecule has 2 amide bonds. The number of furan rings is 1. The van der Waals surface area contributed by atoms with Crippen LogP contribution in [0.1, 0.15) is 35.6 Å². The monoisotopic (exact) mass is 388 g/mol. The molecule has 0 aliphatic rings. The average molecular weight is 388 g/mol. The summed E-state index contributed by atoms with van der Waals surface area (Å²) in [5, 5.41) is 5.77. The quantitative estimate of drug-likeness (QED) is 0.509. The lowest BCUT2D eigenvalue weighted by atomic mass is 10.1. The number of nitrogens with one attached hydrogen (secondary N) is 2. The Balaban J connectivity index is 1.30. The molecule has 0 saturated carbocycles. The molecule has 0 bridgehead atoms. The number of nitrogens with zero attached hydrogens (tertiary/aromatic N) is 2. The summed E-state index contributed by atoms with van der Waals surface area (Å²) in [6.07, 6.45) is 1.87. The molecular weight excluding hydrogens is 364 g/mol. The summed E-state index contributed by atoms with van der Waals surface area (Å²) in [5.41, 5.74) is 4.35. The van der Waals surface area contributed by atoms with E-state index in [1.54, 1.807) is 0 Å². The molecule has 0 radical (unpaired) electrons. The van der Waals surface area contributed by atoms with Gasteiger partial charge in [0.1, 0.15) is 11.5 Å². The van der Waals surface area contributed by atoms with Crippen molar-refractivity contribution in [3.8, 4) is 0 Å². The molecule has 6 nitrogen and oxygen atoms in total. The highest BCUT2D eigenvalue weighted by atomic mass is 16.3. The molecule has 6 heteroatoms. The maximum Gasteiger partial charge on any atom is 0.315 e. The van der Waals surface area contributed by atoms with E-state index in [9.17, 15) is 4.79 Å². The van der Waals surface area contributed by atoms with Gasteiger partial charge in [0.15, 0.2) is 0 Å². The van der Waals surface area contributed by atoms with E-state index < -0.39 is 0 Å². The maximum absolute atomic E-state index is 12.1. The SMILES string of the molecule is Cc1ccc(C(C)NC(=O)NCc2ccc(Cn3cnc4ccccc43)cc2)o1. The molecule has 2 aromatic heterocycles. The van der Waals surface area contributed by atoms with Gasteiger partial charge in [-0.2, -0.15) is 0 Å². The second kappa shape index (κ2) is 8.22. The zero-order chi connectivity index (χ0) is 20.2. The van der Waals surface area contributed by atoms with E-state index in [1.807, 2.05) is 62.6 Å². The molecule has 0 aliphatic heterocycles. The van der Waals surface area contributed by atoms with Crippen molar-refractivity contribution < 1.29 is 9.21 Å². The minimum atomic E-state index is -0.222. The minimum Gasteiger partial charge on any atom is -0.464 e. The number of aryl methyl sites for hydroxylation is 1. The van der Waals surface area contributed by atoms with Crippen molar-refractivity contribution in [2.24, 2.45) is 0 Å². The first-order chi connectivity index (χ1) is 14.1. The first-order valence-corrected chi connectivity index (χ1v) is 9.67. The van der Waals surface area contributed by atoms with E-state index in [2.05, 4.69) is 38.4 Å². The van der Waals surface area contributed by atoms with E-state index in [4.69, 9.17) is 4.42 Å². The van der Waals surface area contributed by atoms with Crippen LogP contribution >= 0.6 is 0 Å². The van der Waals surface area contributed by atoms with Gasteiger partial charge in [-0.3, -0.25) is 0 Å². The number of amides is 2. The van der Waals surface area contributed by atoms with Gasteiger partial charge in [-0.25, -0.2) is 9.78 Å². The number of benzene rings is 2. The van der Waals surface area contributed by atoms with Gasteiger partial charge in [0.25, 0.3) is 0 Å². The van der Waals surface area contributed by atoms with Gasteiger partial charge in [0.2, 0.25) is 0 Å². The van der Waals surface area contributed by atoms with Crippen molar-refractivity contribution in [2.75, 3.05) is 0 Å². The third-order valence-corrected chi connectivity index (χ3v) is 4.89. The topological polar surface area (TPSA) is 72.1 Å². The molecule has 2 N–H and O–H groups in total. The smallest absolute Gasteiger partial charge is 0.315 e. The predicted molar refractivity (Wildman–Crippen MR) is 113 cm³/mol. The van der Waals surface area contributed by atoms with Crippen LogP contribution in [0.5, 0.6) is 0 Å². The van der Waals surface area contributed by atoms with Crippen LogP contribution in [0.2, 0.25) is 0 Å². The average Bonchev–Trinajstić information content (AvgIpc) is 3.34. The number of urea groups is 1. The van der Waals surface area contributed by atoms with E-state index in [1.165, 1.54) is 5.56 Å². The zero-order valence-corrected chi connectivity index (χ0v) is 16.6. The molecule has 1 atom stereocenters. The molecule has 0 fully saturated rings. The van der Waals surface area contributed by atoms with Crippen LogP contribution in [0.3, 0.4) is 0 Å². The molecule has 4 aromatic rings. The van der Waals surface area contributed by atoms with Crippen LogP contribution in [0, 0.1) is 6.92 Å². The highest BCUT2D eigenvalue weighted by Crippen LogP contribution is 2.16. The second-order valence-electron chi connectivity index (χ2n) is 7.17. The van der Waals surface area contributed by atoms with E-state index in [0.717, 1.165) is 34.7 Å². The van der Waals surface area contributed by atoms with Crippen LogP contribution in [0.4, 0.5) is 4.79 Å². The molecule has 29 heavy (non-hydrogen) atoms. The number of carbonyl (C=O) groups is 1. The summed E-state index contributed by atoms with van der Waals surface area (Å²) in [6.45, 7) is 5.00. The number of rotatable bonds is 6. The number of aromatic nitrogens is 2. The highest BCUT2D eigenvalue weighted by Gasteiger charge is 2.12. The number of hydrogen-bond acceptors (Lipinski definition) is 3. The summed E-state index contributed by atoms with van der Waals surface area (Å²) in [5.74, 6) is 1.58. The first-order valence-electron chi connectivity index (χ1n) is 9.67. The Bertz CT molecular complexity index is 1110. The molecule has 2 heterocycles. The molecular formula is C23H24N4O2. The molecule has 148 valence electrons. The fourth-order valence-electron chi connectivity index (χ4n) is 3.28. The van der Waals surface area contributed by atoms with Crippen LogP contribution in [0.15, 0.2) is 71.4 Å². The van der Waals surface area contributed by atoms with Crippen molar-refractivity contribution in [2.45, 2.75) is 33.0 Å². The van der Waals surface area contributed by atoms with Crippen molar-refractivity contribution in [3.05, 3.63) is 89.6 Å². The Labute approximate surface area is 169 Å². The third-order valence-electron chi connectivity index (χ3n) is 4.89. The number of imidazole rings is 1. The number of para-hydroxylation sites is 2. The predicted octanol–water partition coefficient (Wildman–Crippen LogP) is 4.55. The van der Waals surface area contributed by atoms with Crippen molar-refractivity contribution in [3.63, 3.8) is 0 Å². The molecule has 2 aromatic carbocycles. The standard InChI is InChI=1S/C23H24N4O2/c1-16-7-12-22(29-16)17(2)26-23(28)24-13-18-8-10-19(11-9-18)14-27-15-25-20-5-3-4-6-21(20)27/h3-12,15,17H,13-14H2,1-2H3,(H2,24,26,28). The van der Waals surface area contributed by atoms with Gasteiger partial charge in [0, 0.05) is 13.1 Å². The summed E-state index contributed by atoms with van der Waals surface area (Å²) in [7, 11) is 0. The lowest BCUT2D eigenvalue weighted by Gasteiger charge is -2.13. The molecule has 0 saturated heterocycles. The first kappa shape index (κ1) is 18.8. The Kier molecular flexibility index (Phi) is 5.33. The van der Waals surface area contributed by atoms with Crippen LogP contribution in [-0.4, -0.2) is 15.6 Å². The summed E-state index contributed by atoms with van der Waals surface area (Å²) < 4.78 is 7.68. The Morgan fingerprint density at radius 1 is 1.07 bits per heavy atom. The Morgan fingerprint density at radius 3 is 2.59 bits per heavy atom. The molecule has 0 spiro atoms. The van der Waals surface area contributed by atoms with Crippen LogP contribution in [-0.2, 0) is 13.1 Å². The molecule has 0 aliphatic carbocycles. The van der Waals surface area contributed by atoms with Crippen molar-refractivity contribution in [1.29, 1.82) is 0 Å². The van der Waals surface area contributed by atoms with E-state index in [0.29, 0.717) is 6.54 Å².